The van der Waals surface area contributed by atoms with Gasteiger partial charge in [0.05, 0.1) is 17.9 Å². The first-order valence-corrected chi connectivity index (χ1v) is 7.52. The highest BCUT2D eigenvalue weighted by atomic mass is 32.2. The summed E-state index contributed by atoms with van der Waals surface area (Å²) >= 11 is 0. The third-order valence-corrected chi connectivity index (χ3v) is 4.68. The van der Waals surface area contributed by atoms with Crippen LogP contribution in [0.5, 0.6) is 0 Å². The molecule has 0 spiro atoms. The van der Waals surface area contributed by atoms with E-state index in [4.69, 9.17) is 10.8 Å². The molecule has 2 atom stereocenters. The first-order chi connectivity index (χ1) is 8.69. The number of sulfone groups is 1. The standard InChI is InChI=1S/C10H16N2O6S/c11-8(13)4-7(10(15)16)12-9(14)3-6-1-2-19(17,18)5-6/h6-7H,1-5H2,(H2,11,13)(H,12,14)(H,15,16)/t6-,7+/m1/s1. The molecule has 9 heteroatoms. The molecule has 0 unspecified atom stereocenters. The number of aliphatic carboxylic acids is 1. The predicted octanol–water partition coefficient (Wildman–Crippen LogP) is -1.74. The molecule has 2 amide bonds. The second-order valence-electron chi connectivity index (χ2n) is 4.60. The minimum absolute atomic E-state index is 0.0502. The summed E-state index contributed by atoms with van der Waals surface area (Å²) in [4.78, 5) is 33.0. The number of carboxylic acid groups (broad SMARTS) is 1. The van der Waals surface area contributed by atoms with Crippen LogP contribution in [0.2, 0.25) is 0 Å². The van der Waals surface area contributed by atoms with E-state index in [1.54, 1.807) is 0 Å². The van der Waals surface area contributed by atoms with Crippen LogP contribution < -0.4 is 11.1 Å². The molecule has 108 valence electrons. The van der Waals surface area contributed by atoms with Gasteiger partial charge in [-0.25, -0.2) is 13.2 Å². The Kier molecular flexibility index (Phi) is 4.87. The topological polar surface area (TPSA) is 144 Å². The number of rotatable bonds is 6. The summed E-state index contributed by atoms with van der Waals surface area (Å²) in [6, 6.07) is -1.37. The Bertz CT molecular complexity index is 486. The maximum atomic E-state index is 11.6. The maximum Gasteiger partial charge on any atom is 0.326 e. The first kappa shape index (κ1) is 15.4. The Morgan fingerprint density at radius 1 is 1.37 bits per heavy atom. The molecule has 1 aliphatic heterocycles. The molecule has 1 saturated heterocycles. The lowest BCUT2D eigenvalue weighted by Crippen LogP contribution is -2.43. The molecule has 1 aliphatic rings. The van der Waals surface area contributed by atoms with Crippen molar-refractivity contribution in [2.45, 2.75) is 25.3 Å². The van der Waals surface area contributed by atoms with Crippen molar-refractivity contribution in [3.05, 3.63) is 0 Å². The van der Waals surface area contributed by atoms with Crippen molar-refractivity contribution in [1.29, 1.82) is 0 Å². The summed E-state index contributed by atoms with van der Waals surface area (Å²) in [5, 5.41) is 11.0. The molecule has 8 nitrogen and oxygen atoms in total. The van der Waals surface area contributed by atoms with Gasteiger partial charge >= 0.3 is 5.97 Å². The number of hydrogen-bond acceptors (Lipinski definition) is 5. The van der Waals surface area contributed by atoms with Crippen LogP contribution in [0.1, 0.15) is 19.3 Å². The Hall–Kier alpha value is -1.64. The largest absolute Gasteiger partial charge is 0.480 e. The van der Waals surface area contributed by atoms with Crippen molar-refractivity contribution in [1.82, 2.24) is 5.32 Å². The van der Waals surface area contributed by atoms with Gasteiger partial charge in [-0.3, -0.25) is 9.59 Å². The lowest BCUT2D eigenvalue weighted by atomic mass is 10.0. The van der Waals surface area contributed by atoms with E-state index in [1.165, 1.54) is 0 Å². The minimum atomic E-state index is -3.08. The average molecular weight is 292 g/mol. The summed E-state index contributed by atoms with van der Waals surface area (Å²) in [7, 11) is -3.08. The van der Waals surface area contributed by atoms with E-state index in [2.05, 4.69) is 5.32 Å². The summed E-state index contributed by atoms with van der Waals surface area (Å²) in [6.45, 7) is 0. The summed E-state index contributed by atoms with van der Waals surface area (Å²) < 4.78 is 22.4. The number of amides is 2. The Morgan fingerprint density at radius 2 is 2.00 bits per heavy atom. The molecule has 4 N–H and O–H groups in total. The summed E-state index contributed by atoms with van der Waals surface area (Å²) in [6.07, 6.45) is -0.172. The molecule has 19 heavy (non-hydrogen) atoms. The fraction of sp³-hybridized carbons (Fsp3) is 0.700. The third kappa shape index (κ3) is 5.25. The molecule has 0 aromatic rings. The van der Waals surface area contributed by atoms with Crippen molar-refractivity contribution in [2.24, 2.45) is 11.7 Å². The van der Waals surface area contributed by atoms with Gasteiger partial charge in [-0.1, -0.05) is 0 Å². The van der Waals surface area contributed by atoms with Crippen molar-refractivity contribution >= 4 is 27.6 Å². The zero-order valence-electron chi connectivity index (χ0n) is 10.2. The van der Waals surface area contributed by atoms with Crippen LogP contribution in [-0.2, 0) is 24.2 Å². The van der Waals surface area contributed by atoms with Crippen molar-refractivity contribution in [3.8, 4) is 0 Å². The van der Waals surface area contributed by atoms with Gasteiger partial charge < -0.3 is 16.2 Å². The van der Waals surface area contributed by atoms with E-state index in [9.17, 15) is 22.8 Å². The zero-order chi connectivity index (χ0) is 14.6. The molecular weight excluding hydrogens is 276 g/mol. The van der Waals surface area contributed by atoms with Gasteiger partial charge in [-0.15, -0.1) is 0 Å². The van der Waals surface area contributed by atoms with Crippen LogP contribution in [0.25, 0.3) is 0 Å². The van der Waals surface area contributed by atoms with E-state index in [0.717, 1.165) is 0 Å². The van der Waals surface area contributed by atoms with Crippen LogP contribution in [0.15, 0.2) is 0 Å². The highest BCUT2D eigenvalue weighted by Gasteiger charge is 2.30. The monoisotopic (exact) mass is 292 g/mol. The number of primary amides is 1. The molecule has 0 bridgehead atoms. The molecule has 1 heterocycles. The minimum Gasteiger partial charge on any atom is -0.480 e. The van der Waals surface area contributed by atoms with Gasteiger partial charge in [-0.2, -0.15) is 0 Å². The molecule has 1 rings (SSSR count). The second kappa shape index (κ2) is 6.00. The first-order valence-electron chi connectivity index (χ1n) is 5.70. The van der Waals surface area contributed by atoms with E-state index in [1.807, 2.05) is 0 Å². The number of nitrogens with two attached hydrogens (primary N) is 1. The van der Waals surface area contributed by atoms with E-state index < -0.39 is 40.1 Å². The fourth-order valence-electron chi connectivity index (χ4n) is 1.95. The highest BCUT2D eigenvalue weighted by Crippen LogP contribution is 2.21. The van der Waals surface area contributed by atoms with Gasteiger partial charge in [0.1, 0.15) is 6.04 Å². The van der Waals surface area contributed by atoms with Gasteiger partial charge in [0, 0.05) is 6.42 Å². The molecule has 0 aromatic carbocycles. The SMILES string of the molecule is NC(=O)C[C@H](NC(=O)C[C@H]1CCS(=O)(=O)C1)C(=O)O. The normalized spacial score (nSPS) is 22.6. The Balaban J connectivity index is 2.49. The smallest absolute Gasteiger partial charge is 0.326 e. The van der Waals surface area contributed by atoms with Gasteiger partial charge in [0.2, 0.25) is 11.8 Å². The van der Waals surface area contributed by atoms with Crippen LogP contribution >= 0.6 is 0 Å². The van der Waals surface area contributed by atoms with Crippen molar-refractivity contribution < 1.29 is 27.9 Å². The van der Waals surface area contributed by atoms with E-state index >= 15 is 0 Å². The quantitative estimate of drug-likeness (QED) is 0.530. The molecule has 0 saturated carbocycles. The Morgan fingerprint density at radius 3 is 2.42 bits per heavy atom. The number of hydrogen-bond donors (Lipinski definition) is 3. The average Bonchev–Trinajstić information content (AvgIpc) is 2.56. The number of nitrogens with one attached hydrogen (secondary N) is 1. The molecule has 1 fully saturated rings. The number of carboxylic acids is 1. The lowest BCUT2D eigenvalue weighted by Gasteiger charge is -2.14. The number of carbonyl (C=O) groups excluding carboxylic acids is 2. The predicted molar refractivity (Wildman–Crippen MR) is 64.8 cm³/mol. The second-order valence-corrected chi connectivity index (χ2v) is 6.83. The van der Waals surface area contributed by atoms with Crippen LogP contribution in [-0.4, -0.2) is 48.9 Å². The lowest BCUT2D eigenvalue weighted by molar-refractivity contribution is -0.143. The van der Waals surface area contributed by atoms with Crippen molar-refractivity contribution in [3.63, 3.8) is 0 Å². The van der Waals surface area contributed by atoms with E-state index in [0.29, 0.717) is 6.42 Å². The molecule has 0 aliphatic carbocycles. The van der Waals surface area contributed by atoms with Gasteiger partial charge in [0.15, 0.2) is 9.84 Å². The zero-order valence-corrected chi connectivity index (χ0v) is 11.0. The van der Waals surface area contributed by atoms with Crippen LogP contribution in [0.3, 0.4) is 0 Å². The maximum absolute atomic E-state index is 11.6. The van der Waals surface area contributed by atoms with E-state index in [-0.39, 0.29) is 23.8 Å². The molecular formula is C10H16N2O6S. The molecule has 0 radical (unpaired) electrons. The summed E-state index contributed by atoms with van der Waals surface area (Å²) in [5.74, 6) is -3.09. The van der Waals surface area contributed by atoms with Gasteiger partial charge in [-0.05, 0) is 12.3 Å². The van der Waals surface area contributed by atoms with Gasteiger partial charge in [0.25, 0.3) is 0 Å². The molecule has 0 aromatic heterocycles. The third-order valence-electron chi connectivity index (χ3n) is 2.84. The van der Waals surface area contributed by atoms with Crippen molar-refractivity contribution in [2.75, 3.05) is 11.5 Å². The Labute approximate surface area is 110 Å². The highest BCUT2D eigenvalue weighted by molar-refractivity contribution is 7.91. The summed E-state index contributed by atoms with van der Waals surface area (Å²) in [5.41, 5.74) is 4.87. The van der Waals surface area contributed by atoms with Crippen LogP contribution in [0, 0.1) is 5.92 Å². The fourth-order valence-corrected chi connectivity index (χ4v) is 3.81. The number of carbonyl (C=O) groups is 3. The van der Waals surface area contributed by atoms with Crippen LogP contribution in [0.4, 0.5) is 0 Å².